The van der Waals surface area contributed by atoms with Gasteiger partial charge in [0.1, 0.15) is 5.82 Å². The van der Waals surface area contributed by atoms with Crippen LogP contribution in [-0.2, 0) is 0 Å². The molecular formula is C12H11FN2O2. The molecule has 17 heavy (non-hydrogen) atoms. The number of aliphatic imine (C=N–C) groups is 2. The third-order valence-electron chi connectivity index (χ3n) is 1.95. The van der Waals surface area contributed by atoms with Gasteiger partial charge in [0.05, 0.1) is 5.56 Å². The van der Waals surface area contributed by atoms with Gasteiger partial charge in [-0.1, -0.05) is 6.08 Å². The molecule has 0 amide bonds. The molecule has 1 rings (SSSR count). The Labute approximate surface area is 97.8 Å². The second kappa shape index (κ2) is 5.69. The molecule has 0 aliphatic heterocycles. The zero-order chi connectivity index (χ0) is 12.8. The summed E-state index contributed by atoms with van der Waals surface area (Å²) in [6.07, 6.45) is 3.12. The Hall–Kier alpha value is -2.30. The first-order valence-electron chi connectivity index (χ1n) is 4.79. The molecule has 0 aromatic heterocycles. The molecule has 0 saturated carbocycles. The molecule has 0 saturated heterocycles. The Balaban J connectivity index is 3.38. The van der Waals surface area contributed by atoms with Gasteiger partial charge in [-0.15, -0.1) is 0 Å². The predicted octanol–water partition coefficient (Wildman–Crippen LogP) is 2.50. The van der Waals surface area contributed by atoms with Crippen LogP contribution in [0.15, 0.2) is 40.5 Å². The molecule has 88 valence electrons. The zero-order valence-corrected chi connectivity index (χ0v) is 9.22. The van der Waals surface area contributed by atoms with E-state index in [2.05, 4.69) is 16.7 Å². The van der Waals surface area contributed by atoms with Crippen LogP contribution in [-0.4, -0.2) is 23.6 Å². The molecule has 0 bridgehead atoms. The van der Waals surface area contributed by atoms with E-state index in [0.717, 1.165) is 12.1 Å². The summed E-state index contributed by atoms with van der Waals surface area (Å²) >= 11 is 0. The smallest absolute Gasteiger partial charge is 0.336 e. The Morgan fingerprint density at radius 2 is 2.18 bits per heavy atom. The number of hydrogen-bond donors (Lipinski definition) is 1. The van der Waals surface area contributed by atoms with Crippen LogP contribution in [0.3, 0.4) is 0 Å². The van der Waals surface area contributed by atoms with E-state index < -0.39 is 11.8 Å². The molecule has 0 aliphatic carbocycles. The van der Waals surface area contributed by atoms with E-state index in [1.807, 2.05) is 0 Å². The van der Waals surface area contributed by atoms with Crippen LogP contribution in [0.2, 0.25) is 0 Å². The second-order valence-corrected chi connectivity index (χ2v) is 3.09. The zero-order valence-electron chi connectivity index (χ0n) is 9.22. The van der Waals surface area contributed by atoms with E-state index in [4.69, 9.17) is 5.11 Å². The third-order valence-corrected chi connectivity index (χ3v) is 1.95. The Kier molecular flexibility index (Phi) is 4.28. The second-order valence-electron chi connectivity index (χ2n) is 3.09. The number of allylic oxidation sites excluding steroid dienone is 1. The topological polar surface area (TPSA) is 62.0 Å². The average molecular weight is 234 g/mol. The van der Waals surface area contributed by atoms with E-state index in [1.165, 1.54) is 12.3 Å². The van der Waals surface area contributed by atoms with Gasteiger partial charge in [0.25, 0.3) is 0 Å². The monoisotopic (exact) mass is 234 g/mol. The highest BCUT2D eigenvalue weighted by Gasteiger charge is 2.14. The van der Waals surface area contributed by atoms with Crippen LogP contribution in [0.1, 0.15) is 22.8 Å². The molecule has 0 heterocycles. The highest BCUT2D eigenvalue weighted by atomic mass is 19.1. The first kappa shape index (κ1) is 12.8. The van der Waals surface area contributed by atoms with Gasteiger partial charge >= 0.3 is 5.97 Å². The minimum absolute atomic E-state index is 0.139. The highest BCUT2D eigenvalue weighted by molar-refractivity contribution is 6.09. The number of rotatable bonds is 3. The molecule has 1 aromatic rings. The van der Waals surface area contributed by atoms with Crippen molar-refractivity contribution in [3.8, 4) is 0 Å². The van der Waals surface area contributed by atoms with Crippen molar-refractivity contribution in [3.05, 3.63) is 47.4 Å². The van der Waals surface area contributed by atoms with Crippen molar-refractivity contribution in [2.75, 3.05) is 0 Å². The van der Waals surface area contributed by atoms with Crippen LogP contribution < -0.4 is 0 Å². The molecule has 0 spiro atoms. The van der Waals surface area contributed by atoms with Crippen LogP contribution in [0.25, 0.3) is 0 Å². The lowest BCUT2D eigenvalue weighted by Crippen LogP contribution is -2.08. The van der Waals surface area contributed by atoms with Crippen molar-refractivity contribution in [2.45, 2.75) is 6.92 Å². The number of hydrogen-bond acceptors (Lipinski definition) is 2. The maximum atomic E-state index is 13.0. The molecule has 0 aliphatic rings. The number of nitrogens with zero attached hydrogens (tertiary/aromatic N) is 2. The first-order valence-corrected chi connectivity index (χ1v) is 4.79. The number of aromatic carboxylic acids is 1. The minimum atomic E-state index is -1.24. The van der Waals surface area contributed by atoms with Crippen LogP contribution >= 0.6 is 0 Å². The standard InChI is InChI=1S/C12H11FN2O2/c1-3-6-15-11(14-2)9-5-4-8(13)7-10(9)12(16)17/h3-7H,2H2,1H3,(H,16,17). The largest absolute Gasteiger partial charge is 0.478 e. The van der Waals surface area contributed by atoms with Gasteiger partial charge in [-0.05, 0) is 31.8 Å². The highest BCUT2D eigenvalue weighted by Crippen LogP contribution is 2.13. The van der Waals surface area contributed by atoms with Gasteiger partial charge in [-0.25, -0.2) is 19.2 Å². The van der Waals surface area contributed by atoms with E-state index in [0.29, 0.717) is 0 Å². The number of carboxylic acids is 1. The Bertz CT molecular complexity index is 507. The number of carboxylic acid groups (broad SMARTS) is 1. The van der Waals surface area contributed by atoms with Gasteiger partial charge in [0.15, 0.2) is 5.84 Å². The summed E-state index contributed by atoms with van der Waals surface area (Å²) in [5.41, 5.74) is 0.0349. The lowest BCUT2D eigenvalue weighted by molar-refractivity contribution is 0.0696. The van der Waals surface area contributed by atoms with E-state index in [-0.39, 0.29) is 17.0 Å². The molecule has 5 heteroatoms. The van der Waals surface area contributed by atoms with Crippen molar-refractivity contribution in [1.82, 2.24) is 0 Å². The van der Waals surface area contributed by atoms with Gasteiger partial charge in [-0.3, -0.25) is 0 Å². The lowest BCUT2D eigenvalue weighted by atomic mass is 10.1. The minimum Gasteiger partial charge on any atom is -0.478 e. The summed E-state index contributed by atoms with van der Waals surface area (Å²) in [6, 6.07) is 3.39. The maximum absolute atomic E-state index is 13.0. The SMILES string of the molecule is C=NC(=NC=CC)c1ccc(F)cc1C(=O)O. The van der Waals surface area contributed by atoms with Gasteiger partial charge < -0.3 is 5.11 Å². The van der Waals surface area contributed by atoms with Crippen LogP contribution in [0.5, 0.6) is 0 Å². The van der Waals surface area contributed by atoms with Crippen molar-refractivity contribution in [2.24, 2.45) is 9.98 Å². The summed E-state index contributed by atoms with van der Waals surface area (Å²) in [5.74, 6) is -1.72. The van der Waals surface area contributed by atoms with Crippen molar-refractivity contribution in [3.63, 3.8) is 0 Å². The van der Waals surface area contributed by atoms with E-state index >= 15 is 0 Å². The fraction of sp³-hybridized carbons (Fsp3) is 0.0833. The molecule has 4 nitrogen and oxygen atoms in total. The average Bonchev–Trinajstić information content (AvgIpc) is 2.31. The lowest BCUT2D eigenvalue weighted by Gasteiger charge is -2.04. The summed E-state index contributed by atoms with van der Waals surface area (Å²) in [4.78, 5) is 18.5. The van der Waals surface area contributed by atoms with E-state index in [1.54, 1.807) is 13.0 Å². The predicted molar refractivity (Wildman–Crippen MR) is 64.3 cm³/mol. The summed E-state index contributed by atoms with van der Waals surface area (Å²) in [7, 11) is 0. The molecule has 1 N–H and O–H groups in total. The molecule has 0 unspecified atom stereocenters. The third kappa shape index (κ3) is 3.07. The molecule has 0 radical (unpaired) electrons. The number of amidine groups is 1. The first-order chi connectivity index (χ1) is 8.10. The van der Waals surface area contributed by atoms with Crippen molar-refractivity contribution >= 4 is 18.5 Å². The van der Waals surface area contributed by atoms with E-state index in [9.17, 15) is 9.18 Å². The van der Waals surface area contributed by atoms with Crippen molar-refractivity contribution < 1.29 is 14.3 Å². The fourth-order valence-corrected chi connectivity index (χ4v) is 1.23. The quantitative estimate of drug-likeness (QED) is 0.645. The molecule has 1 aromatic carbocycles. The number of carbonyl (C=O) groups is 1. The Morgan fingerprint density at radius 1 is 1.47 bits per heavy atom. The summed E-state index contributed by atoms with van der Waals surface area (Å²) in [6.45, 7) is 5.07. The van der Waals surface area contributed by atoms with Crippen LogP contribution in [0, 0.1) is 5.82 Å². The normalized spacial score (nSPS) is 11.8. The summed E-state index contributed by atoms with van der Waals surface area (Å²) < 4.78 is 13.0. The van der Waals surface area contributed by atoms with Gasteiger partial charge in [0.2, 0.25) is 0 Å². The van der Waals surface area contributed by atoms with Gasteiger partial charge in [-0.2, -0.15) is 0 Å². The molecule has 0 fully saturated rings. The molecule has 0 atom stereocenters. The summed E-state index contributed by atoms with van der Waals surface area (Å²) in [5, 5.41) is 8.96. The fourth-order valence-electron chi connectivity index (χ4n) is 1.23. The number of halogens is 1. The van der Waals surface area contributed by atoms with Crippen LogP contribution in [0.4, 0.5) is 4.39 Å². The molecular weight excluding hydrogens is 223 g/mol. The maximum Gasteiger partial charge on any atom is 0.336 e. The van der Waals surface area contributed by atoms with Gasteiger partial charge in [0, 0.05) is 11.8 Å². The van der Waals surface area contributed by atoms with Crippen molar-refractivity contribution in [1.29, 1.82) is 0 Å². The Morgan fingerprint density at radius 3 is 2.71 bits per heavy atom. The number of benzene rings is 1.